The van der Waals surface area contributed by atoms with Crippen LogP contribution in [0.5, 0.6) is 11.5 Å². The number of carbonyl (C=O) groups is 1. The minimum atomic E-state index is -1.81. The van der Waals surface area contributed by atoms with E-state index in [1.807, 2.05) is 44.2 Å². The number of ether oxygens (including phenoxy) is 1. The molecule has 0 spiro atoms. The standard InChI is InChI=1S/C23H31NO3Si/c1-6-28(7-2,8-3)27-20-12-13-21(22(25)15-24)19(14-20)16-26-23-17(4)10-9-11-18(23)5/h9-15,24H,6-8,16H2,1-5H3. The van der Waals surface area contributed by atoms with Crippen LogP contribution in [-0.2, 0) is 6.61 Å². The lowest BCUT2D eigenvalue weighted by Crippen LogP contribution is -2.39. The molecule has 0 aliphatic carbocycles. The Labute approximate surface area is 169 Å². The summed E-state index contributed by atoms with van der Waals surface area (Å²) in [5.41, 5.74) is 3.36. The summed E-state index contributed by atoms with van der Waals surface area (Å²) in [7, 11) is -1.81. The minimum Gasteiger partial charge on any atom is -0.543 e. The fraction of sp³-hybridized carbons (Fsp3) is 0.391. The molecule has 0 saturated carbocycles. The highest BCUT2D eigenvalue weighted by atomic mass is 28.4. The van der Waals surface area contributed by atoms with Crippen molar-refractivity contribution in [3.05, 3.63) is 58.7 Å². The molecule has 4 nitrogen and oxygen atoms in total. The largest absolute Gasteiger partial charge is 0.543 e. The first kappa shape index (κ1) is 21.9. The van der Waals surface area contributed by atoms with Gasteiger partial charge in [-0.05, 0) is 61.3 Å². The smallest absolute Gasteiger partial charge is 0.250 e. The fourth-order valence-corrected chi connectivity index (χ4v) is 6.02. The third-order valence-electron chi connectivity index (χ3n) is 5.52. The number of Topliss-reactive ketones (excluding diaryl/α,β-unsaturated/α-hetero) is 1. The van der Waals surface area contributed by atoms with Crippen LogP contribution >= 0.6 is 0 Å². The lowest BCUT2D eigenvalue weighted by molar-refractivity contribution is 0.106. The Kier molecular flexibility index (Phi) is 7.58. The van der Waals surface area contributed by atoms with E-state index in [2.05, 4.69) is 20.8 Å². The second-order valence-corrected chi connectivity index (χ2v) is 11.9. The molecule has 1 N–H and O–H groups in total. The molecule has 150 valence electrons. The van der Waals surface area contributed by atoms with Crippen LogP contribution in [0.25, 0.3) is 0 Å². The van der Waals surface area contributed by atoms with Gasteiger partial charge in [0.1, 0.15) is 18.1 Å². The van der Waals surface area contributed by atoms with Gasteiger partial charge in [-0.25, -0.2) is 0 Å². The van der Waals surface area contributed by atoms with E-state index in [0.717, 1.165) is 52.5 Å². The van der Waals surface area contributed by atoms with Crippen molar-refractivity contribution in [1.82, 2.24) is 0 Å². The first-order valence-electron chi connectivity index (χ1n) is 9.95. The van der Waals surface area contributed by atoms with Crippen molar-refractivity contribution >= 4 is 20.3 Å². The first-order valence-corrected chi connectivity index (χ1v) is 12.5. The molecular formula is C23H31NO3Si. The molecule has 2 aromatic carbocycles. The van der Waals surface area contributed by atoms with Crippen LogP contribution in [0, 0.1) is 19.3 Å². The van der Waals surface area contributed by atoms with E-state index >= 15 is 0 Å². The maximum atomic E-state index is 12.2. The summed E-state index contributed by atoms with van der Waals surface area (Å²) in [6.07, 6.45) is 0.849. The minimum absolute atomic E-state index is 0.261. The Balaban J connectivity index is 2.36. The number of nitrogens with one attached hydrogen (secondary N) is 1. The molecule has 0 unspecified atom stereocenters. The zero-order valence-electron chi connectivity index (χ0n) is 17.6. The van der Waals surface area contributed by atoms with Gasteiger partial charge in [-0.15, -0.1) is 0 Å². The topological polar surface area (TPSA) is 59.4 Å². The lowest BCUT2D eigenvalue weighted by Gasteiger charge is -2.29. The average molecular weight is 398 g/mol. The van der Waals surface area contributed by atoms with Gasteiger partial charge in [0.2, 0.25) is 14.1 Å². The Morgan fingerprint density at radius 1 is 1.04 bits per heavy atom. The first-order chi connectivity index (χ1) is 13.4. The second-order valence-electron chi connectivity index (χ2n) is 7.18. The van der Waals surface area contributed by atoms with Gasteiger partial charge in [0.25, 0.3) is 0 Å². The highest BCUT2D eigenvalue weighted by Crippen LogP contribution is 2.29. The Morgan fingerprint density at radius 2 is 1.64 bits per heavy atom. The van der Waals surface area contributed by atoms with Gasteiger partial charge in [0.05, 0.1) is 6.21 Å². The molecule has 0 aromatic heterocycles. The summed E-state index contributed by atoms with van der Waals surface area (Å²) in [5, 5.41) is 7.35. The number of benzene rings is 2. The summed E-state index contributed by atoms with van der Waals surface area (Å²) in [5.74, 6) is 1.30. The number of rotatable bonds is 10. The van der Waals surface area contributed by atoms with Gasteiger partial charge >= 0.3 is 0 Å². The van der Waals surface area contributed by atoms with Crippen LogP contribution < -0.4 is 9.16 Å². The Bertz CT molecular complexity index is 815. The van der Waals surface area contributed by atoms with Crippen molar-refractivity contribution in [3.8, 4) is 11.5 Å². The van der Waals surface area contributed by atoms with Crippen LogP contribution in [0.4, 0.5) is 0 Å². The van der Waals surface area contributed by atoms with Crippen molar-refractivity contribution in [3.63, 3.8) is 0 Å². The molecule has 0 radical (unpaired) electrons. The van der Waals surface area contributed by atoms with Gasteiger partial charge in [-0.2, -0.15) is 0 Å². The predicted molar refractivity (Wildman–Crippen MR) is 118 cm³/mol. The number of ketones is 1. The summed E-state index contributed by atoms with van der Waals surface area (Å²) in [6.45, 7) is 10.9. The van der Waals surface area contributed by atoms with Crippen LogP contribution in [0.15, 0.2) is 36.4 Å². The van der Waals surface area contributed by atoms with Crippen LogP contribution in [0.2, 0.25) is 18.1 Å². The third kappa shape index (κ3) is 4.90. The maximum absolute atomic E-state index is 12.2. The van der Waals surface area contributed by atoms with Crippen molar-refractivity contribution in [2.75, 3.05) is 0 Å². The average Bonchev–Trinajstić information content (AvgIpc) is 2.71. The quantitative estimate of drug-likeness (QED) is 0.299. The lowest BCUT2D eigenvalue weighted by atomic mass is 10.0. The van der Waals surface area contributed by atoms with Crippen molar-refractivity contribution in [2.45, 2.75) is 59.4 Å². The van der Waals surface area contributed by atoms with Gasteiger partial charge in [-0.1, -0.05) is 39.0 Å². The normalized spacial score (nSPS) is 11.2. The number of carbonyl (C=O) groups excluding carboxylic acids is 1. The molecule has 0 atom stereocenters. The highest BCUT2D eigenvalue weighted by Gasteiger charge is 2.31. The number of para-hydroxylation sites is 1. The summed E-state index contributed by atoms with van der Waals surface area (Å²) >= 11 is 0. The van der Waals surface area contributed by atoms with Crippen molar-refractivity contribution in [2.24, 2.45) is 0 Å². The highest BCUT2D eigenvalue weighted by molar-refractivity contribution is 6.74. The molecule has 0 aliphatic heterocycles. The van der Waals surface area contributed by atoms with Gasteiger partial charge in [-0.3, -0.25) is 4.79 Å². The zero-order valence-corrected chi connectivity index (χ0v) is 18.6. The predicted octanol–water partition coefficient (Wildman–Crippen LogP) is 6.10. The van der Waals surface area contributed by atoms with E-state index in [-0.39, 0.29) is 12.4 Å². The van der Waals surface area contributed by atoms with Crippen molar-refractivity contribution < 1.29 is 14.0 Å². The van der Waals surface area contributed by atoms with E-state index in [1.165, 1.54) is 0 Å². The van der Waals surface area contributed by atoms with Crippen molar-refractivity contribution in [1.29, 1.82) is 5.41 Å². The van der Waals surface area contributed by atoms with E-state index in [1.54, 1.807) is 6.07 Å². The SMILES string of the molecule is CC[Si](CC)(CC)Oc1ccc(C(=O)C=N)c(COc2c(C)cccc2C)c1. The molecule has 0 aliphatic rings. The summed E-state index contributed by atoms with van der Waals surface area (Å²) in [6, 6.07) is 14.7. The Morgan fingerprint density at radius 3 is 2.18 bits per heavy atom. The van der Waals surface area contributed by atoms with Gasteiger partial charge in [0, 0.05) is 11.1 Å². The van der Waals surface area contributed by atoms with Crippen LogP contribution in [0.1, 0.15) is 47.8 Å². The summed E-state index contributed by atoms with van der Waals surface area (Å²) in [4.78, 5) is 12.2. The second kappa shape index (κ2) is 9.69. The Hall–Kier alpha value is -2.40. The molecule has 0 saturated heterocycles. The van der Waals surface area contributed by atoms with Crippen LogP contribution in [0.3, 0.4) is 0 Å². The van der Waals surface area contributed by atoms with E-state index in [0.29, 0.717) is 5.56 Å². The zero-order chi connectivity index (χ0) is 20.7. The van der Waals surface area contributed by atoms with Crippen LogP contribution in [-0.4, -0.2) is 20.3 Å². The summed E-state index contributed by atoms with van der Waals surface area (Å²) < 4.78 is 12.6. The molecular weight excluding hydrogens is 366 g/mol. The fourth-order valence-electron chi connectivity index (χ4n) is 3.46. The number of hydrogen-bond acceptors (Lipinski definition) is 4. The molecule has 5 heteroatoms. The monoisotopic (exact) mass is 397 g/mol. The van der Waals surface area contributed by atoms with E-state index < -0.39 is 8.32 Å². The molecule has 28 heavy (non-hydrogen) atoms. The third-order valence-corrected chi connectivity index (χ3v) is 10.1. The number of aryl methyl sites for hydroxylation is 2. The molecule has 0 fully saturated rings. The molecule has 2 aromatic rings. The molecule has 0 heterocycles. The number of hydrogen-bond donors (Lipinski definition) is 1. The maximum Gasteiger partial charge on any atom is 0.250 e. The van der Waals surface area contributed by atoms with Gasteiger partial charge < -0.3 is 14.6 Å². The van der Waals surface area contributed by atoms with Gasteiger partial charge in [0.15, 0.2) is 0 Å². The molecule has 0 amide bonds. The molecule has 2 rings (SSSR count). The van der Waals surface area contributed by atoms with E-state index in [9.17, 15) is 4.79 Å². The molecule has 0 bridgehead atoms. The van der Waals surface area contributed by atoms with E-state index in [4.69, 9.17) is 14.6 Å².